The van der Waals surface area contributed by atoms with E-state index < -0.39 is 29.9 Å². The third kappa shape index (κ3) is 6.48. The molecule has 2 aliphatic rings. The zero-order valence-corrected chi connectivity index (χ0v) is 22.2. The molecule has 1 N–H and O–H groups in total. The normalized spacial score (nSPS) is 17.1. The molecule has 2 aliphatic heterocycles. The lowest BCUT2D eigenvalue weighted by Crippen LogP contribution is -2.39. The van der Waals surface area contributed by atoms with Crippen molar-refractivity contribution >= 4 is 23.5 Å². The number of carbonyl (C=O) groups is 3. The van der Waals surface area contributed by atoms with E-state index in [1.54, 1.807) is 19.9 Å². The highest BCUT2D eigenvalue weighted by atomic mass is 19.4. The molecular formula is C27H35F3N2O6. The summed E-state index contributed by atoms with van der Waals surface area (Å²) in [5, 5.41) is 9.78. The highest BCUT2D eigenvalue weighted by molar-refractivity contribution is 6.07. The zero-order valence-electron chi connectivity index (χ0n) is 22.2. The Labute approximate surface area is 220 Å². The van der Waals surface area contributed by atoms with Crippen LogP contribution in [-0.4, -0.2) is 67.8 Å². The van der Waals surface area contributed by atoms with E-state index in [2.05, 4.69) is 4.90 Å². The van der Waals surface area contributed by atoms with Gasteiger partial charge in [-0.05, 0) is 71.1 Å². The second kappa shape index (κ2) is 12.2. The first-order valence-corrected chi connectivity index (χ1v) is 12.7. The fourth-order valence-corrected chi connectivity index (χ4v) is 5.27. The highest BCUT2D eigenvalue weighted by Crippen LogP contribution is 2.43. The van der Waals surface area contributed by atoms with Crippen molar-refractivity contribution in [3.05, 3.63) is 33.9 Å². The van der Waals surface area contributed by atoms with Gasteiger partial charge in [0.05, 0.1) is 24.3 Å². The van der Waals surface area contributed by atoms with E-state index in [-0.39, 0.29) is 42.0 Å². The Kier molecular flexibility index (Phi) is 9.45. The average Bonchev–Trinajstić information content (AvgIpc) is 3.25. The Balaban J connectivity index is 1.93. The Hall–Kier alpha value is -3.08. The molecule has 0 radical (unpaired) electrons. The van der Waals surface area contributed by atoms with Crippen LogP contribution in [0.5, 0.6) is 5.75 Å². The largest absolute Gasteiger partial charge is 0.496 e. The van der Waals surface area contributed by atoms with Crippen molar-refractivity contribution in [3.8, 4) is 5.75 Å². The van der Waals surface area contributed by atoms with Crippen molar-refractivity contribution in [1.82, 2.24) is 4.90 Å². The van der Waals surface area contributed by atoms with E-state index in [0.29, 0.717) is 29.0 Å². The van der Waals surface area contributed by atoms with Gasteiger partial charge in [0.1, 0.15) is 12.4 Å². The number of esters is 1. The van der Waals surface area contributed by atoms with E-state index >= 15 is 0 Å². The number of aliphatic carboxylic acids is 1. The molecule has 11 heteroatoms. The molecule has 0 spiro atoms. The van der Waals surface area contributed by atoms with Crippen LogP contribution in [0.1, 0.15) is 66.1 Å². The number of nitrogens with zero attached hydrogens (tertiary/aromatic N) is 2. The number of benzene rings is 1. The van der Waals surface area contributed by atoms with Crippen molar-refractivity contribution in [2.75, 3.05) is 38.7 Å². The molecule has 1 aromatic carbocycles. The van der Waals surface area contributed by atoms with Crippen LogP contribution in [0.25, 0.3) is 0 Å². The summed E-state index contributed by atoms with van der Waals surface area (Å²) < 4.78 is 50.7. The van der Waals surface area contributed by atoms with Gasteiger partial charge in [0.15, 0.2) is 0 Å². The lowest BCUT2D eigenvalue weighted by molar-refractivity contribution is -0.170. The van der Waals surface area contributed by atoms with Crippen molar-refractivity contribution in [1.29, 1.82) is 0 Å². The van der Waals surface area contributed by atoms with Gasteiger partial charge in [0, 0.05) is 18.2 Å². The summed E-state index contributed by atoms with van der Waals surface area (Å²) >= 11 is 0. The number of carboxylic acid groups (broad SMARTS) is 1. The van der Waals surface area contributed by atoms with E-state index in [4.69, 9.17) is 9.47 Å². The van der Waals surface area contributed by atoms with Crippen molar-refractivity contribution in [3.63, 3.8) is 0 Å². The SMILES string of the molecule is COc1c(C)c2c(c(N(C)C(=O)C(F)(F)F)c1C/C=C(\C)CC(CCN1CCCCC1)C(=O)O)C(=O)OC2. The number of rotatable bonds is 10. The molecule has 1 unspecified atom stereocenters. The van der Waals surface area contributed by atoms with E-state index in [1.165, 1.54) is 13.5 Å². The number of fused-ring (bicyclic) bond motifs is 1. The smallest absolute Gasteiger partial charge is 0.471 e. The monoisotopic (exact) mass is 540 g/mol. The average molecular weight is 541 g/mol. The molecule has 0 aliphatic carbocycles. The molecule has 3 rings (SSSR count). The first kappa shape index (κ1) is 29.5. The minimum Gasteiger partial charge on any atom is -0.496 e. The van der Waals surface area contributed by atoms with Gasteiger partial charge in [-0.3, -0.25) is 9.59 Å². The summed E-state index contributed by atoms with van der Waals surface area (Å²) in [4.78, 5) is 39.4. The van der Waals surface area contributed by atoms with Crippen LogP contribution in [0.15, 0.2) is 11.6 Å². The number of anilines is 1. The number of hydrogen-bond donors (Lipinski definition) is 1. The quantitative estimate of drug-likeness (QED) is 0.341. The number of alkyl halides is 3. The van der Waals surface area contributed by atoms with Gasteiger partial charge >= 0.3 is 24.0 Å². The second-order valence-electron chi connectivity index (χ2n) is 9.96. The summed E-state index contributed by atoms with van der Waals surface area (Å²) in [6.07, 6.45) is 0.756. The number of carboxylic acids is 1. The highest BCUT2D eigenvalue weighted by Gasteiger charge is 2.44. The number of amides is 1. The predicted molar refractivity (Wildman–Crippen MR) is 134 cm³/mol. The lowest BCUT2D eigenvalue weighted by Gasteiger charge is -2.27. The van der Waals surface area contributed by atoms with Crippen LogP contribution < -0.4 is 9.64 Å². The molecule has 1 saturated heterocycles. The molecular weight excluding hydrogens is 505 g/mol. The van der Waals surface area contributed by atoms with Crippen LogP contribution in [0.4, 0.5) is 18.9 Å². The minimum atomic E-state index is -5.16. The second-order valence-corrected chi connectivity index (χ2v) is 9.96. The maximum Gasteiger partial charge on any atom is 0.471 e. The molecule has 0 bridgehead atoms. The first-order chi connectivity index (χ1) is 17.9. The molecule has 1 aromatic rings. The molecule has 8 nitrogen and oxygen atoms in total. The number of piperidine rings is 1. The summed E-state index contributed by atoms with van der Waals surface area (Å²) in [5.41, 5.74) is 1.56. The van der Waals surface area contributed by atoms with Crippen LogP contribution in [0.3, 0.4) is 0 Å². The third-order valence-electron chi connectivity index (χ3n) is 7.34. The fraction of sp³-hybridized carbons (Fsp3) is 0.593. The summed E-state index contributed by atoms with van der Waals surface area (Å²) in [7, 11) is 2.33. The Morgan fingerprint density at radius 1 is 1.24 bits per heavy atom. The van der Waals surface area contributed by atoms with Crippen molar-refractivity contribution in [2.45, 2.75) is 65.2 Å². The number of methoxy groups -OCH3 is 1. The van der Waals surface area contributed by atoms with Gasteiger partial charge in [0.25, 0.3) is 0 Å². The number of halogens is 3. The minimum absolute atomic E-state index is 0.0275. The molecule has 0 saturated carbocycles. The van der Waals surface area contributed by atoms with Crippen LogP contribution in [-0.2, 0) is 27.4 Å². The number of cyclic esters (lactones) is 1. The molecule has 1 atom stereocenters. The Morgan fingerprint density at radius 2 is 1.89 bits per heavy atom. The van der Waals surface area contributed by atoms with Crippen molar-refractivity contribution < 1.29 is 42.1 Å². The molecule has 210 valence electrons. The van der Waals surface area contributed by atoms with Crippen LogP contribution in [0.2, 0.25) is 0 Å². The number of hydrogen-bond acceptors (Lipinski definition) is 6. The number of likely N-dealkylation sites (tertiary alicyclic amines) is 1. The zero-order chi connectivity index (χ0) is 28.2. The topological polar surface area (TPSA) is 96.4 Å². The lowest BCUT2D eigenvalue weighted by atomic mass is 9.91. The maximum atomic E-state index is 13.4. The van der Waals surface area contributed by atoms with Gasteiger partial charge in [-0.15, -0.1) is 0 Å². The molecule has 1 fully saturated rings. The Morgan fingerprint density at radius 3 is 2.47 bits per heavy atom. The summed E-state index contributed by atoms with van der Waals surface area (Å²) in [5.74, 6) is -4.20. The van der Waals surface area contributed by atoms with Crippen LogP contribution in [0, 0.1) is 12.8 Å². The maximum absolute atomic E-state index is 13.4. The number of ether oxygens (including phenoxy) is 2. The molecule has 1 amide bonds. The standard InChI is InChI=1S/C27H35F3N2O6/c1-16(14-18(24(33)34)10-13-32-11-6-5-7-12-32)8-9-19-22(31(3)26(36)27(28,29)30)21-20(15-38-25(21)35)17(2)23(19)37-4/h8,18H,5-7,9-15H2,1-4H3,(H,33,34)/b16-8+. The predicted octanol–water partition coefficient (Wildman–Crippen LogP) is 4.65. The van der Waals surface area contributed by atoms with Gasteiger partial charge in [0.2, 0.25) is 0 Å². The van der Waals surface area contributed by atoms with Gasteiger partial charge in [-0.2, -0.15) is 13.2 Å². The van der Waals surface area contributed by atoms with Gasteiger partial charge < -0.3 is 24.4 Å². The summed E-state index contributed by atoms with van der Waals surface area (Å²) in [6, 6.07) is 0. The first-order valence-electron chi connectivity index (χ1n) is 12.7. The third-order valence-corrected chi connectivity index (χ3v) is 7.34. The summed E-state index contributed by atoms with van der Waals surface area (Å²) in [6.45, 7) is 5.93. The number of allylic oxidation sites excluding steroid dienone is 2. The van der Waals surface area contributed by atoms with Crippen LogP contribution >= 0.6 is 0 Å². The molecule has 2 heterocycles. The van der Waals surface area contributed by atoms with Gasteiger partial charge in [-0.25, -0.2) is 4.79 Å². The van der Waals surface area contributed by atoms with E-state index in [1.807, 2.05) is 0 Å². The molecule has 0 aromatic heterocycles. The van der Waals surface area contributed by atoms with Crippen molar-refractivity contribution in [2.24, 2.45) is 5.92 Å². The number of carbonyl (C=O) groups excluding carboxylic acids is 2. The van der Waals surface area contributed by atoms with E-state index in [9.17, 15) is 32.7 Å². The van der Waals surface area contributed by atoms with E-state index in [0.717, 1.165) is 38.6 Å². The van der Waals surface area contributed by atoms with Gasteiger partial charge in [-0.1, -0.05) is 18.1 Å². The Bertz CT molecular complexity index is 1110. The fourth-order valence-electron chi connectivity index (χ4n) is 5.27. The molecule has 38 heavy (non-hydrogen) atoms.